The Morgan fingerprint density at radius 3 is 2.81 bits per heavy atom. The van der Waals surface area contributed by atoms with Crippen molar-refractivity contribution in [2.45, 2.75) is 20.4 Å². The predicted octanol–water partition coefficient (Wildman–Crippen LogP) is 2.80. The third kappa shape index (κ3) is 2.41. The minimum atomic E-state index is 0.719. The number of hydrogen-bond donors (Lipinski definition) is 2. The van der Waals surface area contributed by atoms with E-state index in [9.17, 15) is 0 Å². The molecule has 0 atom stereocenters. The van der Waals surface area contributed by atoms with Gasteiger partial charge >= 0.3 is 0 Å². The highest BCUT2D eigenvalue weighted by Crippen LogP contribution is 2.21. The molecule has 0 aliphatic rings. The van der Waals surface area contributed by atoms with E-state index < -0.39 is 0 Å². The molecule has 0 spiro atoms. The van der Waals surface area contributed by atoms with Gasteiger partial charge in [0.1, 0.15) is 5.82 Å². The molecule has 2 aromatic rings. The molecule has 0 saturated heterocycles. The van der Waals surface area contributed by atoms with Crippen LogP contribution in [0.3, 0.4) is 0 Å². The van der Waals surface area contributed by atoms with Gasteiger partial charge in [-0.25, -0.2) is 4.98 Å². The highest BCUT2D eigenvalue weighted by Gasteiger charge is 2.03. The van der Waals surface area contributed by atoms with Crippen molar-refractivity contribution in [2.24, 2.45) is 0 Å². The number of halogens is 1. The number of H-pyrrole nitrogens is 1. The van der Waals surface area contributed by atoms with Crippen LogP contribution in [0.2, 0.25) is 0 Å². The highest BCUT2D eigenvalue weighted by atomic mass is 79.9. The maximum Gasteiger partial charge on any atom is 0.140 e. The van der Waals surface area contributed by atoms with Crippen LogP contribution in [-0.2, 0) is 6.54 Å². The van der Waals surface area contributed by atoms with E-state index in [4.69, 9.17) is 0 Å². The lowest BCUT2D eigenvalue weighted by Gasteiger charge is -2.07. The second-order valence-corrected chi connectivity index (χ2v) is 4.57. The Hall–Kier alpha value is -1.36. The summed E-state index contributed by atoms with van der Waals surface area (Å²) in [5.41, 5.74) is 3.36. The summed E-state index contributed by atoms with van der Waals surface area (Å²) >= 11 is 3.48. The molecule has 0 aliphatic carbocycles. The normalized spacial score (nSPS) is 10.4. The summed E-state index contributed by atoms with van der Waals surface area (Å²) in [6, 6.07) is 2.04. The molecule has 0 saturated carbocycles. The molecule has 5 heteroatoms. The van der Waals surface area contributed by atoms with Crippen molar-refractivity contribution < 1.29 is 0 Å². The Kier molecular flexibility index (Phi) is 3.24. The third-order valence-corrected chi connectivity index (χ3v) is 2.96. The smallest absolute Gasteiger partial charge is 0.140 e. The van der Waals surface area contributed by atoms with Crippen LogP contribution in [-0.4, -0.2) is 15.2 Å². The molecule has 0 amide bonds. The molecule has 0 aliphatic heterocycles. The van der Waals surface area contributed by atoms with E-state index in [2.05, 4.69) is 36.4 Å². The fourth-order valence-electron chi connectivity index (χ4n) is 1.40. The van der Waals surface area contributed by atoms with Crippen LogP contribution in [0.25, 0.3) is 0 Å². The minimum Gasteiger partial charge on any atom is -0.365 e. The SMILES string of the molecule is Cc1cnc(NCc2cn[nH]c2C)c(Br)c1. The van der Waals surface area contributed by atoms with Crippen molar-refractivity contribution in [3.63, 3.8) is 0 Å². The van der Waals surface area contributed by atoms with E-state index in [1.165, 1.54) is 0 Å². The molecular formula is C11H13BrN4. The third-order valence-electron chi connectivity index (χ3n) is 2.36. The summed E-state index contributed by atoms with van der Waals surface area (Å²) in [6.07, 6.45) is 3.67. The Bertz CT molecular complexity index is 492. The maximum atomic E-state index is 4.32. The summed E-state index contributed by atoms with van der Waals surface area (Å²) in [4.78, 5) is 4.32. The van der Waals surface area contributed by atoms with Crippen LogP contribution in [0.15, 0.2) is 22.9 Å². The average molecular weight is 281 g/mol. The van der Waals surface area contributed by atoms with Gasteiger partial charge < -0.3 is 5.32 Å². The van der Waals surface area contributed by atoms with Gasteiger partial charge in [-0.05, 0) is 41.4 Å². The van der Waals surface area contributed by atoms with Crippen LogP contribution in [0.1, 0.15) is 16.8 Å². The van der Waals surface area contributed by atoms with Crippen LogP contribution in [0.5, 0.6) is 0 Å². The van der Waals surface area contributed by atoms with Crippen LogP contribution in [0.4, 0.5) is 5.82 Å². The number of anilines is 1. The van der Waals surface area contributed by atoms with Crippen LogP contribution >= 0.6 is 15.9 Å². The number of aryl methyl sites for hydroxylation is 2. The van der Waals surface area contributed by atoms with Gasteiger partial charge in [0, 0.05) is 24.0 Å². The number of nitrogens with one attached hydrogen (secondary N) is 2. The fraction of sp³-hybridized carbons (Fsp3) is 0.273. The fourth-order valence-corrected chi connectivity index (χ4v) is 2.00. The van der Waals surface area contributed by atoms with E-state index in [1.807, 2.05) is 32.3 Å². The first-order valence-electron chi connectivity index (χ1n) is 5.01. The van der Waals surface area contributed by atoms with E-state index in [0.717, 1.165) is 33.7 Å². The van der Waals surface area contributed by atoms with Crippen molar-refractivity contribution in [3.05, 3.63) is 39.8 Å². The van der Waals surface area contributed by atoms with Crippen LogP contribution in [0, 0.1) is 13.8 Å². The second kappa shape index (κ2) is 4.65. The van der Waals surface area contributed by atoms with Crippen molar-refractivity contribution >= 4 is 21.7 Å². The quantitative estimate of drug-likeness (QED) is 0.909. The first kappa shape index (κ1) is 11.1. The number of aromatic nitrogens is 3. The number of hydrogen-bond acceptors (Lipinski definition) is 3. The number of aromatic amines is 1. The summed E-state index contributed by atoms with van der Waals surface area (Å²) in [6.45, 7) is 4.74. The maximum absolute atomic E-state index is 4.32. The van der Waals surface area contributed by atoms with Gasteiger partial charge in [0.15, 0.2) is 0 Å². The zero-order valence-electron chi connectivity index (χ0n) is 9.21. The van der Waals surface area contributed by atoms with Crippen LogP contribution < -0.4 is 5.32 Å². The summed E-state index contributed by atoms with van der Waals surface area (Å²) in [5, 5.41) is 10.1. The molecule has 2 heterocycles. The Morgan fingerprint density at radius 2 is 2.19 bits per heavy atom. The molecule has 0 unspecified atom stereocenters. The summed E-state index contributed by atoms with van der Waals surface area (Å²) in [7, 11) is 0. The van der Waals surface area contributed by atoms with E-state index in [0.29, 0.717) is 0 Å². The molecule has 0 aromatic carbocycles. The Balaban J connectivity index is 2.08. The zero-order valence-corrected chi connectivity index (χ0v) is 10.8. The lowest BCUT2D eigenvalue weighted by Crippen LogP contribution is -2.02. The minimum absolute atomic E-state index is 0.719. The van der Waals surface area contributed by atoms with Crippen molar-refractivity contribution in [2.75, 3.05) is 5.32 Å². The molecule has 0 fully saturated rings. The molecule has 0 radical (unpaired) electrons. The first-order valence-corrected chi connectivity index (χ1v) is 5.81. The van der Waals surface area contributed by atoms with Crippen molar-refractivity contribution in [1.29, 1.82) is 0 Å². The molecule has 84 valence electrons. The van der Waals surface area contributed by atoms with Gasteiger partial charge in [-0.3, -0.25) is 5.10 Å². The number of rotatable bonds is 3. The summed E-state index contributed by atoms with van der Waals surface area (Å²) < 4.78 is 0.980. The Morgan fingerprint density at radius 1 is 1.38 bits per heavy atom. The molecular weight excluding hydrogens is 268 g/mol. The zero-order chi connectivity index (χ0) is 11.5. The highest BCUT2D eigenvalue weighted by molar-refractivity contribution is 9.10. The Labute approximate surface area is 103 Å². The van der Waals surface area contributed by atoms with Gasteiger partial charge in [-0.2, -0.15) is 5.10 Å². The van der Waals surface area contributed by atoms with E-state index >= 15 is 0 Å². The molecule has 2 aromatic heterocycles. The standard InChI is InChI=1S/C11H13BrN4/c1-7-3-10(12)11(13-4-7)14-5-9-6-15-16-8(9)2/h3-4,6H,5H2,1-2H3,(H,13,14)(H,15,16). The largest absolute Gasteiger partial charge is 0.365 e. The molecule has 16 heavy (non-hydrogen) atoms. The van der Waals surface area contributed by atoms with Gasteiger partial charge in [0.25, 0.3) is 0 Å². The number of pyridine rings is 1. The first-order chi connectivity index (χ1) is 7.66. The molecule has 2 rings (SSSR count). The van der Waals surface area contributed by atoms with Gasteiger partial charge in [0.2, 0.25) is 0 Å². The van der Waals surface area contributed by atoms with Gasteiger partial charge in [-0.15, -0.1) is 0 Å². The van der Waals surface area contributed by atoms with Crippen molar-refractivity contribution in [1.82, 2.24) is 15.2 Å². The van der Waals surface area contributed by atoms with Crippen molar-refractivity contribution in [3.8, 4) is 0 Å². The second-order valence-electron chi connectivity index (χ2n) is 3.72. The van der Waals surface area contributed by atoms with Gasteiger partial charge in [0.05, 0.1) is 10.7 Å². The van der Waals surface area contributed by atoms with Gasteiger partial charge in [-0.1, -0.05) is 0 Å². The molecule has 0 bridgehead atoms. The van der Waals surface area contributed by atoms with E-state index in [-0.39, 0.29) is 0 Å². The number of nitrogens with zero attached hydrogens (tertiary/aromatic N) is 2. The average Bonchev–Trinajstić information content (AvgIpc) is 2.63. The monoisotopic (exact) mass is 280 g/mol. The van der Waals surface area contributed by atoms with E-state index in [1.54, 1.807) is 0 Å². The lowest BCUT2D eigenvalue weighted by molar-refractivity contribution is 1.04. The molecule has 2 N–H and O–H groups in total. The lowest BCUT2D eigenvalue weighted by atomic mass is 10.2. The molecule has 4 nitrogen and oxygen atoms in total. The summed E-state index contributed by atoms with van der Waals surface area (Å²) in [5.74, 6) is 0.853. The predicted molar refractivity (Wildman–Crippen MR) is 67.3 cm³/mol. The topological polar surface area (TPSA) is 53.6 Å².